The maximum atomic E-state index is 6.06. The standard InChI is InChI=1S/C13H28N2O2/c1-4-16-13(17-5-2)10-15-9-7-6-8-12(15)11(3)14/h11-13H,4-10,14H2,1-3H3. The molecule has 0 aromatic rings. The van der Waals surface area contributed by atoms with Crippen LogP contribution in [0.5, 0.6) is 0 Å². The molecule has 2 unspecified atom stereocenters. The fourth-order valence-corrected chi connectivity index (χ4v) is 2.56. The fourth-order valence-electron chi connectivity index (χ4n) is 2.56. The maximum absolute atomic E-state index is 6.06. The van der Waals surface area contributed by atoms with Gasteiger partial charge >= 0.3 is 0 Å². The average Bonchev–Trinajstić information content (AvgIpc) is 2.30. The predicted octanol–water partition coefficient (Wildman–Crippen LogP) is 1.59. The second-order valence-corrected chi connectivity index (χ2v) is 4.76. The third-order valence-electron chi connectivity index (χ3n) is 3.36. The molecule has 0 aromatic heterocycles. The Morgan fingerprint density at radius 1 is 1.24 bits per heavy atom. The molecule has 0 radical (unpaired) electrons. The minimum absolute atomic E-state index is 0.107. The highest BCUT2D eigenvalue weighted by molar-refractivity contribution is 4.83. The number of nitrogens with zero attached hydrogens (tertiary/aromatic N) is 1. The molecule has 1 aliphatic heterocycles. The van der Waals surface area contributed by atoms with Gasteiger partial charge in [-0.3, -0.25) is 4.90 Å². The Bertz CT molecular complexity index is 194. The third-order valence-corrected chi connectivity index (χ3v) is 3.36. The van der Waals surface area contributed by atoms with Gasteiger partial charge in [-0.25, -0.2) is 0 Å². The Kier molecular flexibility index (Phi) is 7.04. The van der Waals surface area contributed by atoms with Gasteiger partial charge in [0.25, 0.3) is 0 Å². The molecule has 0 spiro atoms. The molecule has 4 nitrogen and oxygen atoms in total. The monoisotopic (exact) mass is 244 g/mol. The van der Waals surface area contributed by atoms with E-state index >= 15 is 0 Å². The average molecular weight is 244 g/mol. The quantitative estimate of drug-likeness (QED) is 0.691. The zero-order valence-corrected chi connectivity index (χ0v) is 11.5. The molecular formula is C13H28N2O2. The van der Waals surface area contributed by atoms with E-state index in [1.54, 1.807) is 0 Å². The van der Waals surface area contributed by atoms with E-state index in [9.17, 15) is 0 Å². The van der Waals surface area contributed by atoms with Gasteiger partial charge in [-0.05, 0) is 40.2 Å². The molecule has 2 atom stereocenters. The summed E-state index contributed by atoms with van der Waals surface area (Å²) in [5.74, 6) is 0. The number of piperidine rings is 1. The maximum Gasteiger partial charge on any atom is 0.170 e. The predicted molar refractivity (Wildman–Crippen MR) is 69.9 cm³/mol. The van der Waals surface area contributed by atoms with Crippen molar-refractivity contribution >= 4 is 0 Å². The van der Waals surface area contributed by atoms with Crippen molar-refractivity contribution < 1.29 is 9.47 Å². The third kappa shape index (κ3) is 4.92. The largest absolute Gasteiger partial charge is 0.352 e. The number of likely N-dealkylation sites (tertiary alicyclic amines) is 1. The summed E-state index contributed by atoms with van der Waals surface area (Å²) in [5.41, 5.74) is 6.06. The van der Waals surface area contributed by atoms with Crippen LogP contribution in [-0.4, -0.2) is 49.6 Å². The lowest BCUT2D eigenvalue weighted by Gasteiger charge is -2.39. The first-order chi connectivity index (χ1) is 8.19. The normalized spacial score (nSPS) is 24.2. The summed E-state index contributed by atoms with van der Waals surface area (Å²) >= 11 is 0. The molecule has 0 aromatic carbocycles. The van der Waals surface area contributed by atoms with E-state index in [0.29, 0.717) is 19.3 Å². The minimum Gasteiger partial charge on any atom is -0.352 e. The van der Waals surface area contributed by atoms with Crippen molar-refractivity contribution in [1.82, 2.24) is 4.90 Å². The molecule has 1 fully saturated rings. The van der Waals surface area contributed by atoms with Gasteiger partial charge in [-0.15, -0.1) is 0 Å². The lowest BCUT2D eigenvalue weighted by Crippen LogP contribution is -2.52. The van der Waals surface area contributed by atoms with E-state index in [1.807, 2.05) is 13.8 Å². The molecule has 1 aliphatic rings. The van der Waals surface area contributed by atoms with Gasteiger partial charge in [0.05, 0.1) is 0 Å². The molecule has 2 N–H and O–H groups in total. The zero-order valence-electron chi connectivity index (χ0n) is 11.5. The van der Waals surface area contributed by atoms with Crippen LogP contribution in [0.2, 0.25) is 0 Å². The van der Waals surface area contributed by atoms with E-state index < -0.39 is 0 Å². The SMILES string of the molecule is CCOC(CN1CCCCC1C(C)N)OCC. The highest BCUT2D eigenvalue weighted by Crippen LogP contribution is 2.19. The zero-order chi connectivity index (χ0) is 12.7. The van der Waals surface area contributed by atoms with Crippen molar-refractivity contribution in [1.29, 1.82) is 0 Å². The van der Waals surface area contributed by atoms with Gasteiger partial charge in [0.2, 0.25) is 0 Å². The molecule has 1 rings (SSSR count). The number of hydrogen-bond donors (Lipinski definition) is 1. The molecule has 4 heteroatoms. The number of rotatable bonds is 7. The van der Waals surface area contributed by atoms with Crippen molar-refractivity contribution in [3.63, 3.8) is 0 Å². The lowest BCUT2D eigenvalue weighted by molar-refractivity contribution is -0.153. The van der Waals surface area contributed by atoms with Crippen LogP contribution < -0.4 is 5.73 Å². The Balaban J connectivity index is 2.49. The number of ether oxygens (including phenoxy) is 2. The van der Waals surface area contributed by atoms with Crippen LogP contribution in [-0.2, 0) is 9.47 Å². The number of hydrogen-bond acceptors (Lipinski definition) is 4. The molecule has 1 heterocycles. The smallest absolute Gasteiger partial charge is 0.170 e. The fraction of sp³-hybridized carbons (Fsp3) is 1.00. The summed E-state index contributed by atoms with van der Waals surface area (Å²) in [6.07, 6.45) is 3.64. The second kappa shape index (κ2) is 8.03. The van der Waals surface area contributed by atoms with E-state index in [2.05, 4.69) is 11.8 Å². The molecule has 102 valence electrons. The molecule has 0 aliphatic carbocycles. The number of nitrogens with two attached hydrogens (primary N) is 1. The molecule has 0 amide bonds. The molecule has 0 saturated carbocycles. The minimum atomic E-state index is -0.107. The highest BCUT2D eigenvalue weighted by Gasteiger charge is 2.27. The van der Waals surface area contributed by atoms with Crippen molar-refractivity contribution in [2.45, 2.75) is 58.4 Å². The second-order valence-electron chi connectivity index (χ2n) is 4.76. The topological polar surface area (TPSA) is 47.7 Å². The Labute approximate surface area is 105 Å². The summed E-state index contributed by atoms with van der Waals surface area (Å²) in [4.78, 5) is 2.43. The van der Waals surface area contributed by atoms with Gasteiger partial charge in [-0.1, -0.05) is 6.42 Å². The van der Waals surface area contributed by atoms with E-state index in [0.717, 1.165) is 13.1 Å². The van der Waals surface area contributed by atoms with Gasteiger partial charge < -0.3 is 15.2 Å². The summed E-state index contributed by atoms with van der Waals surface area (Å²) in [5, 5.41) is 0. The van der Waals surface area contributed by atoms with E-state index in [-0.39, 0.29) is 12.3 Å². The first kappa shape index (κ1) is 14.9. The molecule has 1 saturated heterocycles. The van der Waals surface area contributed by atoms with E-state index in [1.165, 1.54) is 19.3 Å². The van der Waals surface area contributed by atoms with Crippen LogP contribution in [0.3, 0.4) is 0 Å². The van der Waals surface area contributed by atoms with Crippen LogP contribution in [0.25, 0.3) is 0 Å². The molecule has 0 bridgehead atoms. The van der Waals surface area contributed by atoms with Crippen molar-refractivity contribution in [3.8, 4) is 0 Å². The first-order valence-electron chi connectivity index (χ1n) is 6.91. The summed E-state index contributed by atoms with van der Waals surface area (Å²) in [6, 6.07) is 0.700. The highest BCUT2D eigenvalue weighted by atomic mass is 16.7. The Hall–Kier alpha value is -0.160. The molecular weight excluding hydrogens is 216 g/mol. The summed E-state index contributed by atoms with van der Waals surface area (Å²) < 4.78 is 11.2. The van der Waals surface area contributed by atoms with Crippen molar-refractivity contribution in [2.24, 2.45) is 5.73 Å². The van der Waals surface area contributed by atoms with Crippen LogP contribution >= 0.6 is 0 Å². The van der Waals surface area contributed by atoms with Gasteiger partial charge in [0.1, 0.15) is 0 Å². The van der Waals surface area contributed by atoms with Crippen LogP contribution in [0.15, 0.2) is 0 Å². The Morgan fingerprint density at radius 2 is 1.88 bits per heavy atom. The first-order valence-corrected chi connectivity index (χ1v) is 6.91. The lowest BCUT2D eigenvalue weighted by atomic mass is 9.97. The van der Waals surface area contributed by atoms with E-state index in [4.69, 9.17) is 15.2 Å². The van der Waals surface area contributed by atoms with Crippen molar-refractivity contribution in [3.05, 3.63) is 0 Å². The van der Waals surface area contributed by atoms with Gasteiger partial charge in [-0.2, -0.15) is 0 Å². The van der Waals surface area contributed by atoms with Crippen LogP contribution in [0, 0.1) is 0 Å². The van der Waals surface area contributed by atoms with Crippen molar-refractivity contribution in [2.75, 3.05) is 26.3 Å². The summed E-state index contributed by atoms with van der Waals surface area (Å²) in [7, 11) is 0. The van der Waals surface area contributed by atoms with Crippen LogP contribution in [0.1, 0.15) is 40.0 Å². The van der Waals surface area contributed by atoms with Gasteiger partial charge in [0.15, 0.2) is 6.29 Å². The van der Waals surface area contributed by atoms with Crippen LogP contribution in [0.4, 0.5) is 0 Å². The summed E-state index contributed by atoms with van der Waals surface area (Å²) in [6.45, 7) is 9.45. The Morgan fingerprint density at radius 3 is 2.41 bits per heavy atom. The van der Waals surface area contributed by atoms with Gasteiger partial charge in [0, 0.05) is 31.8 Å². The molecule has 17 heavy (non-hydrogen) atoms.